The molecule has 0 aliphatic rings. The summed E-state index contributed by atoms with van der Waals surface area (Å²) in [6, 6.07) is 0.450. The molecule has 0 aliphatic carbocycles. The molecule has 0 fully saturated rings. The van der Waals surface area contributed by atoms with Crippen LogP contribution in [0.5, 0.6) is 5.75 Å². The molecule has 1 aromatic carbocycles. The molecule has 198 valence electrons. The molecule has 4 atom stereocenters. The second-order valence-electron chi connectivity index (χ2n) is 8.12. The molecule has 0 spiro atoms. The highest BCUT2D eigenvalue weighted by Crippen LogP contribution is 2.12. The van der Waals surface area contributed by atoms with E-state index in [9.17, 15) is 39.0 Å². The van der Waals surface area contributed by atoms with E-state index in [-0.39, 0.29) is 31.4 Å². The van der Waals surface area contributed by atoms with Crippen LogP contribution < -0.4 is 27.4 Å². The molecule has 0 heterocycles. The third kappa shape index (κ3) is 10.8. The standard InChI is InChI=1S/C22H31N5O9/c1-11(23)19(32)25-14(7-9-18(30)31)20(33)27-16(10-12-2-4-13(28)5-3-12)21(34)26-15(22(35)36)6-8-17(24)29/h2-5,11,14-16,28H,6-10,23H2,1H3,(H2,24,29)(H,25,32)(H,26,34)(H,27,33)(H,30,31)(H,35,36). The first-order valence-corrected chi connectivity index (χ1v) is 11.0. The van der Waals surface area contributed by atoms with Crippen molar-refractivity contribution in [3.05, 3.63) is 29.8 Å². The third-order valence-electron chi connectivity index (χ3n) is 5.00. The zero-order valence-corrected chi connectivity index (χ0v) is 19.6. The number of phenolic OH excluding ortho intramolecular Hbond substituents is 1. The minimum Gasteiger partial charge on any atom is -0.508 e. The number of primary amides is 1. The van der Waals surface area contributed by atoms with Gasteiger partial charge < -0.3 is 42.7 Å². The smallest absolute Gasteiger partial charge is 0.326 e. The molecule has 4 amide bonds. The first-order valence-electron chi connectivity index (χ1n) is 11.0. The van der Waals surface area contributed by atoms with Crippen molar-refractivity contribution in [2.24, 2.45) is 11.5 Å². The summed E-state index contributed by atoms with van der Waals surface area (Å²) in [5.74, 6) is -6.00. The zero-order chi connectivity index (χ0) is 27.4. The topological polar surface area (TPSA) is 251 Å². The van der Waals surface area contributed by atoms with Crippen LogP contribution in [0.15, 0.2) is 24.3 Å². The van der Waals surface area contributed by atoms with Gasteiger partial charge in [0.15, 0.2) is 0 Å². The maximum atomic E-state index is 13.0. The largest absolute Gasteiger partial charge is 0.508 e. The van der Waals surface area contributed by atoms with Gasteiger partial charge in [0, 0.05) is 19.3 Å². The predicted molar refractivity (Wildman–Crippen MR) is 124 cm³/mol. The zero-order valence-electron chi connectivity index (χ0n) is 19.6. The van der Waals surface area contributed by atoms with E-state index < -0.39 is 66.2 Å². The van der Waals surface area contributed by atoms with E-state index >= 15 is 0 Å². The van der Waals surface area contributed by atoms with Crippen LogP contribution in [0.2, 0.25) is 0 Å². The van der Waals surface area contributed by atoms with Gasteiger partial charge in [-0.1, -0.05) is 12.1 Å². The number of aromatic hydroxyl groups is 1. The van der Waals surface area contributed by atoms with E-state index in [1.807, 2.05) is 0 Å². The Morgan fingerprint density at radius 1 is 0.806 bits per heavy atom. The Hall–Kier alpha value is -4.20. The molecule has 0 radical (unpaired) electrons. The minimum absolute atomic E-state index is 0.0477. The number of hydrogen-bond donors (Lipinski definition) is 8. The van der Waals surface area contributed by atoms with Crippen LogP contribution in [0.25, 0.3) is 0 Å². The monoisotopic (exact) mass is 509 g/mol. The number of carboxylic acid groups (broad SMARTS) is 2. The van der Waals surface area contributed by atoms with Crippen molar-refractivity contribution >= 4 is 35.6 Å². The summed E-state index contributed by atoms with van der Waals surface area (Å²) in [6.07, 6.45) is -1.52. The SMILES string of the molecule is CC(N)C(=O)NC(CCC(=O)O)C(=O)NC(Cc1ccc(O)cc1)C(=O)NC(CCC(N)=O)C(=O)O. The maximum absolute atomic E-state index is 13.0. The summed E-state index contributed by atoms with van der Waals surface area (Å²) in [4.78, 5) is 71.5. The van der Waals surface area contributed by atoms with Gasteiger partial charge in [-0.2, -0.15) is 0 Å². The van der Waals surface area contributed by atoms with E-state index in [0.29, 0.717) is 5.56 Å². The van der Waals surface area contributed by atoms with Gasteiger partial charge in [0.2, 0.25) is 23.6 Å². The Kier molecular flexibility index (Phi) is 11.8. The molecule has 36 heavy (non-hydrogen) atoms. The van der Waals surface area contributed by atoms with Gasteiger partial charge in [0.05, 0.1) is 6.04 Å². The predicted octanol–water partition coefficient (Wildman–Crippen LogP) is -2.05. The lowest BCUT2D eigenvalue weighted by Crippen LogP contribution is -2.57. The molecule has 0 saturated carbocycles. The van der Waals surface area contributed by atoms with Crippen LogP contribution in [-0.2, 0) is 35.2 Å². The van der Waals surface area contributed by atoms with Crippen molar-refractivity contribution in [2.45, 2.75) is 63.2 Å². The third-order valence-corrected chi connectivity index (χ3v) is 5.00. The highest BCUT2D eigenvalue weighted by molar-refractivity contribution is 5.94. The Morgan fingerprint density at radius 2 is 1.31 bits per heavy atom. The van der Waals surface area contributed by atoms with E-state index in [2.05, 4.69) is 16.0 Å². The Balaban J connectivity index is 3.16. The number of benzene rings is 1. The number of hydrogen-bond acceptors (Lipinski definition) is 8. The fourth-order valence-corrected chi connectivity index (χ4v) is 3.01. The summed E-state index contributed by atoms with van der Waals surface area (Å²) in [7, 11) is 0. The Bertz CT molecular complexity index is 965. The van der Waals surface area contributed by atoms with Crippen LogP contribution in [0.1, 0.15) is 38.2 Å². The number of carbonyl (C=O) groups is 6. The average molecular weight is 510 g/mol. The summed E-state index contributed by atoms with van der Waals surface area (Å²) in [6.45, 7) is 1.36. The van der Waals surface area contributed by atoms with Gasteiger partial charge in [0.25, 0.3) is 0 Å². The van der Waals surface area contributed by atoms with Crippen molar-refractivity contribution in [1.29, 1.82) is 0 Å². The summed E-state index contributed by atoms with van der Waals surface area (Å²) in [5.41, 5.74) is 11.0. The maximum Gasteiger partial charge on any atom is 0.326 e. The van der Waals surface area contributed by atoms with Crippen LogP contribution in [0, 0.1) is 0 Å². The lowest BCUT2D eigenvalue weighted by atomic mass is 10.0. The van der Waals surface area contributed by atoms with Gasteiger partial charge in [-0.05, 0) is 37.5 Å². The van der Waals surface area contributed by atoms with Crippen LogP contribution >= 0.6 is 0 Å². The second-order valence-corrected chi connectivity index (χ2v) is 8.12. The minimum atomic E-state index is -1.48. The summed E-state index contributed by atoms with van der Waals surface area (Å²) >= 11 is 0. The van der Waals surface area contributed by atoms with Gasteiger partial charge in [0.1, 0.15) is 23.9 Å². The molecular formula is C22H31N5O9. The van der Waals surface area contributed by atoms with Gasteiger partial charge in [-0.3, -0.25) is 24.0 Å². The molecule has 1 aromatic rings. The lowest BCUT2D eigenvalue weighted by molar-refractivity contribution is -0.142. The molecule has 0 bridgehead atoms. The van der Waals surface area contributed by atoms with Crippen LogP contribution in [-0.4, -0.2) is 75.1 Å². The fourth-order valence-electron chi connectivity index (χ4n) is 3.01. The van der Waals surface area contributed by atoms with Gasteiger partial charge in [-0.15, -0.1) is 0 Å². The second kappa shape index (κ2) is 14.3. The normalized spacial score (nSPS) is 13.9. The van der Waals surface area contributed by atoms with Crippen molar-refractivity contribution in [2.75, 3.05) is 0 Å². The van der Waals surface area contributed by atoms with E-state index in [0.717, 1.165) is 0 Å². The van der Waals surface area contributed by atoms with Crippen molar-refractivity contribution < 1.29 is 44.1 Å². The number of nitrogens with one attached hydrogen (secondary N) is 3. The highest BCUT2D eigenvalue weighted by Gasteiger charge is 2.30. The van der Waals surface area contributed by atoms with E-state index in [1.165, 1.54) is 31.2 Å². The van der Waals surface area contributed by atoms with Crippen LogP contribution in [0.4, 0.5) is 0 Å². The van der Waals surface area contributed by atoms with Crippen molar-refractivity contribution in [3.63, 3.8) is 0 Å². The lowest BCUT2D eigenvalue weighted by Gasteiger charge is -2.25. The van der Waals surface area contributed by atoms with Gasteiger partial charge >= 0.3 is 11.9 Å². The number of phenols is 1. The molecule has 0 aliphatic heterocycles. The molecule has 14 nitrogen and oxygen atoms in total. The first kappa shape index (κ1) is 29.8. The molecular weight excluding hydrogens is 478 g/mol. The summed E-state index contributed by atoms with van der Waals surface area (Å²) < 4.78 is 0. The molecule has 10 N–H and O–H groups in total. The average Bonchev–Trinajstić information content (AvgIpc) is 2.79. The molecule has 4 unspecified atom stereocenters. The highest BCUT2D eigenvalue weighted by atomic mass is 16.4. The van der Waals surface area contributed by atoms with E-state index in [1.54, 1.807) is 0 Å². The van der Waals surface area contributed by atoms with Gasteiger partial charge in [-0.25, -0.2) is 4.79 Å². The number of carboxylic acids is 2. The molecule has 14 heteroatoms. The van der Waals surface area contributed by atoms with Crippen molar-refractivity contribution in [3.8, 4) is 5.75 Å². The van der Waals surface area contributed by atoms with Crippen molar-refractivity contribution in [1.82, 2.24) is 16.0 Å². The number of carbonyl (C=O) groups excluding carboxylic acids is 4. The first-order chi connectivity index (χ1) is 16.8. The number of rotatable bonds is 15. The van der Waals surface area contributed by atoms with E-state index in [4.69, 9.17) is 16.6 Å². The fraction of sp³-hybridized carbons (Fsp3) is 0.455. The Morgan fingerprint density at radius 3 is 1.81 bits per heavy atom. The molecule has 0 saturated heterocycles. The number of amides is 4. The number of nitrogens with two attached hydrogens (primary N) is 2. The molecule has 0 aromatic heterocycles. The number of aliphatic carboxylic acids is 2. The summed E-state index contributed by atoms with van der Waals surface area (Å²) in [5, 5.41) is 34.8. The molecule has 1 rings (SSSR count). The quantitative estimate of drug-likeness (QED) is 0.128. The Labute approximate surface area is 206 Å². The van der Waals surface area contributed by atoms with Crippen LogP contribution in [0.3, 0.4) is 0 Å².